The number of hydrogen-bond donors (Lipinski definition) is 2. The van der Waals surface area contributed by atoms with Crippen molar-refractivity contribution >= 4 is 33.0 Å². The first-order valence-corrected chi connectivity index (χ1v) is 8.81. The van der Waals surface area contributed by atoms with Crippen molar-refractivity contribution in [2.24, 2.45) is 0 Å². The summed E-state index contributed by atoms with van der Waals surface area (Å²) in [5, 5.41) is 7.95. The van der Waals surface area contributed by atoms with Crippen molar-refractivity contribution in [1.82, 2.24) is 0 Å². The Morgan fingerprint density at radius 3 is 2.00 bits per heavy atom. The van der Waals surface area contributed by atoms with Crippen molar-refractivity contribution in [3.8, 4) is 0 Å². The minimum Gasteiger partial charge on any atom is -0.305 e. The second-order valence-electron chi connectivity index (χ2n) is 3.67. The zero-order valence-electron chi connectivity index (χ0n) is 13.3. The van der Waals surface area contributed by atoms with Crippen molar-refractivity contribution in [2.75, 3.05) is 11.0 Å². The molecule has 0 spiro atoms. The Balaban J connectivity index is 0. The fourth-order valence-electron chi connectivity index (χ4n) is 1.40. The molecule has 1 aromatic rings. The van der Waals surface area contributed by atoms with Gasteiger partial charge in [-0.15, -0.1) is 0 Å². The predicted octanol–water partition coefficient (Wildman–Crippen LogP) is 4.46. The van der Waals surface area contributed by atoms with Gasteiger partial charge >= 0.3 is 0 Å². The Morgan fingerprint density at radius 1 is 1.20 bits per heavy atom. The first-order chi connectivity index (χ1) is 9.20. The zero-order chi connectivity index (χ0) is 16.5. The topological polar surface area (TPSA) is 70.0 Å². The molecule has 1 rings (SSSR count). The highest BCUT2D eigenvalue weighted by Crippen LogP contribution is 2.27. The molecule has 0 amide bonds. The molecule has 0 aromatic heterocycles. The quantitative estimate of drug-likeness (QED) is 0.807. The molecule has 0 unspecified atom stereocenters. The van der Waals surface area contributed by atoms with E-state index in [1.54, 1.807) is 19.1 Å². The molecule has 0 heterocycles. The summed E-state index contributed by atoms with van der Waals surface area (Å²) in [6, 6.07) is 3.35. The largest absolute Gasteiger partial charge is 0.305 e. The van der Waals surface area contributed by atoms with Crippen molar-refractivity contribution < 1.29 is 8.42 Å². The van der Waals surface area contributed by atoms with Crippen LogP contribution in [0, 0.1) is 12.3 Å². The van der Waals surface area contributed by atoms with Gasteiger partial charge in [0.2, 0.25) is 10.0 Å². The monoisotopic (exact) mass is 320 g/mol. The van der Waals surface area contributed by atoms with Gasteiger partial charge in [-0.1, -0.05) is 39.3 Å². The van der Waals surface area contributed by atoms with Gasteiger partial charge in [0, 0.05) is 11.3 Å². The molecule has 4 nitrogen and oxygen atoms in total. The third kappa shape index (κ3) is 7.50. The lowest BCUT2D eigenvalue weighted by Crippen LogP contribution is -2.13. The zero-order valence-corrected chi connectivity index (χ0v) is 14.8. The first kappa shape index (κ1) is 21.2. The Bertz CT molecular complexity index is 540. The summed E-state index contributed by atoms with van der Waals surface area (Å²) in [6.45, 7) is 11.4. The van der Waals surface area contributed by atoms with Gasteiger partial charge in [0.25, 0.3) is 0 Å². The van der Waals surface area contributed by atoms with E-state index in [-0.39, 0.29) is 5.71 Å². The second kappa shape index (κ2) is 9.77. The molecule has 0 aliphatic rings. The molecule has 0 aliphatic carbocycles. The predicted molar refractivity (Wildman–Crippen MR) is 89.9 cm³/mol. The average molecular weight is 321 g/mol. The highest BCUT2D eigenvalue weighted by Gasteiger charge is 2.13. The number of aryl methyl sites for hydroxylation is 1. The summed E-state index contributed by atoms with van der Waals surface area (Å²) in [5.41, 5.74) is 1.81. The van der Waals surface area contributed by atoms with Crippen LogP contribution in [0.25, 0.3) is 0 Å². The van der Waals surface area contributed by atoms with E-state index in [0.29, 0.717) is 16.3 Å². The lowest BCUT2D eigenvalue weighted by Gasteiger charge is -2.12. The summed E-state index contributed by atoms with van der Waals surface area (Å²) in [4.78, 5) is 0. The Kier molecular flexibility index (Phi) is 10.4. The lowest BCUT2D eigenvalue weighted by molar-refractivity contribution is 0.607. The fraction of sp³-hybridized carbons (Fsp3) is 0.500. The van der Waals surface area contributed by atoms with Gasteiger partial charge in [-0.2, -0.15) is 0 Å². The van der Waals surface area contributed by atoms with Crippen molar-refractivity contribution in [1.29, 1.82) is 5.41 Å². The van der Waals surface area contributed by atoms with E-state index in [1.165, 1.54) is 0 Å². The van der Waals surface area contributed by atoms with Crippen LogP contribution in [-0.4, -0.2) is 20.4 Å². The van der Waals surface area contributed by atoms with Gasteiger partial charge in [0.1, 0.15) is 0 Å². The third-order valence-electron chi connectivity index (χ3n) is 1.90. The summed E-state index contributed by atoms with van der Waals surface area (Å²) in [7, 11) is -3.37. The minimum absolute atomic E-state index is 0.219. The summed E-state index contributed by atoms with van der Waals surface area (Å²) >= 11 is 5.98. The molecule has 0 bridgehead atoms. The highest BCUT2D eigenvalue weighted by atomic mass is 35.5. The van der Waals surface area contributed by atoms with Crippen LogP contribution in [0.1, 0.15) is 45.7 Å². The molecule has 0 saturated heterocycles. The van der Waals surface area contributed by atoms with E-state index in [9.17, 15) is 8.42 Å². The molecule has 2 N–H and O–H groups in total. The van der Waals surface area contributed by atoms with Crippen molar-refractivity contribution in [2.45, 2.75) is 41.5 Å². The number of halogens is 1. The van der Waals surface area contributed by atoms with Crippen LogP contribution in [0.3, 0.4) is 0 Å². The number of anilines is 1. The highest BCUT2D eigenvalue weighted by molar-refractivity contribution is 7.92. The average Bonchev–Trinajstić information content (AvgIpc) is 2.30. The fourth-order valence-corrected chi connectivity index (χ4v) is 2.38. The molecule has 1 aromatic carbocycles. The van der Waals surface area contributed by atoms with Crippen LogP contribution in [0.15, 0.2) is 12.1 Å². The van der Waals surface area contributed by atoms with Gasteiger partial charge in [-0.05, 0) is 31.5 Å². The van der Waals surface area contributed by atoms with Crippen LogP contribution in [0.2, 0.25) is 5.02 Å². The maximum atomic E-state index is 11.2. The molecule has 20 heavy (non-hydrogen) atoms. The number of nitrogens with one attached hydrogen (secondary N) is 2. The minimum atomic E-state index is -3.37. The second-order valence-corrected chi connectivity index (χ2v) is 5.82. The van der Waals surface area contributed by atoms with Crippen molar-refractivity contribution in [3.63, 3.8) is 0 Å². The standard InChI is InChI=1S/C10H13ClN2O2S.2C2H6/c1-6-4-8(11)10(7(2)12)9(5-6)13-16(3,14)15;2*1-2/h4-5,12-13H,1-3H3;2*1-2H3. The van der Waals surface area contributed by atoms with Crippen LogP contribution >= 0.6 is 11.6 Å². The van der Waals surface area contributed by atoms with E-state index in [1.807, 2.05) is 34.6 Å². The maximum Gasteiger partial charge on any atom is 0.229 e. The third-order valence-corrected chi connectivity index (χ3v) is 2.79. The molecular formula is C14H25ClN2O2S. The summed E-state index contributed by atoms with van der Waals surface area (Å²) < 4.78 is 24.7. The first-order valence-electron chi connectivity index (χ1n) is 6.54. The summed E-state index contributed by atoms with van der Waals surface area (Å²) in [6.07, 6.45) is 1.06. The Labute approximate surface area is 128 Å². The van der Waals surface area contributed by atoms with Gasteiger partial charge in [0.15, 0.2) is 0 Å². The van der Waals surface area contributed by atoms with E-state index >= 15 is 0 Å². The number of sulfonamides is 1. The van der Waals surface area contributed by atoms with Gasteiger partial charge in [-0.25, -0.2) is 8.42 Å². The van der Waals surface area contributed by atoms with Gasteiger partial charge in [-0.3, -0.25) is 4.72 Å². The van der Waals surface area contributed by atoms with Crippen LogP contribution in [0.4, 0.5) is 5.69 Å². The number of benzene rings is 1. The van der Waals surface area contributed by atoms with E-state index in [2.05, 4.69) is 4.72 Å². The lowest BCUT2D eigenvalue weighted by atomic mass is 10.1. The van der Waals surface area contributed by atoms with Gasteiger partial charge in [0.05, 0.1) is 17.0 Å². The smallest absolute Gasteiger partial charge is 0.229 e. The van der Waals surface area contributed by atoms with Crippen molar-refractivity contribution in [3.05, 3.63) is 28.3 Å². The number of hydrogen-bond acceptors (Lipinski definition) is 3. The molecule has 0 aliphatic heterocycles. The number of rotatable bonds is 3. The van der Waals surface area contributed by atoms with Crippen LogP contribution < -0.4 is 4.72 Å². The van der Waals surface area contributed by atoms with Crippen LogP contribution in [-0.2, 0) is 10.0 Å². The molecule has 0 atom stereocenters. The molecule has 6 heteroatoms. The van der Waals surface area contributed by atoms with E-state index < -0.39 is 10.0 Å². The molecule has 0 fully saturated rings. The molecule has 0 saturated carbocycles. The molecule has 116 valence electrons. The maximum absolute atomic E-state index is 11.2. The normalized spacial score (nSPS) is 9.60. The summed E-state index contributed by atoms with van der Waals surface area (Å²) in [5.74, 6) is 0. The molecule has 0 radical (unpaired) electrons. The Morgan fingerprint density at radius 2 is 1.65 bits per heavy atom. The SMILES string of the molecule is CC.CC.CC(=N)c1c(Cl)cc(C)cc1NS(C)(=O)=O. The van der Waals surface area contributed by atoms with Gasteiger partial charge < -0.3 is 5.41 Å². The van der Waals surface area contributed by atoms with E-state index in [0.717, 1.165) is 11.8 Å². The van der Waals surface area contributed by atoms with E-state index in [4.69, 9.17) is 17.0 Å². The van der Waals surface area contributed by atoms with Crippen LogP contribution in [0.5, 0.6) is 0 Å². The molecular weight excluding hydrogens is 296 g/mol. The Hall–Kier alpha value is -1.07.